The van der Waals surface area contributed by atoms with Gasteiger partial charge < -0.3 is 15.2 Å². The van der Waals surface area contributed by atoms with Gasteiger partial charge in [0.1, 0.15) is 0 Å². The number of amides is 1. The third-order valence-electron chi connectivity index (χ3n) is 5.41. The highest BCUT2D eigenvalue weighted by Gasteiger charge is 2.37. The van der Waals surface area contributed by atoms with Gasteiger partial charge in [0.05, 0.1) is 24.2 Å². The maximum absolute atomic E-state index is 13.0. The number of likely N-dealkylation sites (tertiary alicyclic amines) is 1. The number of hydrogen-bond donors (Lipinski definition) is 2. The number of hydrogen-bond acceptors (Lipinski definition) is 4. The standard InChI is InChI=1S/C22H22F6N2O3/c1-33-19-8-13(2-3-18(19)31)11-30-5-4-15(12-30)20(32)29-10-14-6-16(21(23,24)25)9-17(7-14)22(26,27)28/h2-3,6-9,15,31H,4-5,10-12H2,1H3,(H,29,32). The van der Waals surface area contributed by atoms with Crippen LogP contribution in [0.15, 0.2) is 36.4 Å². The highest BCUT2D eigenvalue weighted by molar-refractivity contribution is 5.79. The van der Waals surface area contributed by atoms with E-state index in [4.69, 9.17) is 4.74 Å². The topological polar surface area (TPSA) is 61.8 Å². The molecule has 180 valence electrons. The van der Waals surface area contributed by atoms with Gasteiger partial charge >= 0.3 is 12.4 Å². The zero-order chi connectivity index (χ0) is 24.4. The summed E-state index contributed by atoms with van der Waals surface area (Å²) in [4.78, 5) is 14.5. The van der Waals surface area contributed by atoms with Gasteiger partial charge in [0.25, 0.3) is 0 Å². The molecule has 1 saturated heterocycles. The van der Waals surface area contributed by atoms with Crippen LogP contribution in [0, 0.1) is 5.92 Å². The Labute approximate surface area is 186 Å². The van der Waals surface area contributed by atoms with Gasteiger partial charge in [0.15, 0.2) is 11.5 Å². The largest absolute Gasteiger partial charge is 0.504 e. The van der Waals surface area contributed by atoms with Gasteiger partial charge in [0, 0.05) is 19.6 Å². The second kappa shape index (κ2) is 9.50. The van der Waals surface area contributed by atoms with Crippen LogP contribution < -0.4 is 10.1 Å². The monoisotopic (exact) mass is 476 g/mol. The molecular formula is C22H22F6N2O3. The number of nitrogens with zero attached hydrogens (tertiary/aromatic N) is 1. The lowest BCUT2D eigenvalue weighted by Crippen LogP contribution is -2.32. The Morgan fingerprint density at radius 2 is 1.70 bits per heavy atom. The number of carbonyl (C=O) groups is 1. The molecule has 1 aliphatic heterocycles. The number of methoxy groups -OCH3 is 1. The van der Waals surface area contributed by atoms with Gasteiger partial charge in [-0.15, -0.1) is 0 Å². The van der Waals surface area contributed by atoms with Gasteiger partial charge in [-0.1, -0.05) is 6.07 Å². The molecule has 5 nitrogen and oxygen atoms in total. The molecule has 0 radical (unpaired) electrons. The van der Waals surface area contributed by atoms with E-state index in [1.165, 1.54) is 13.2 Å². The molecule has 11 heteroatoms. The quantitative estimate of drug-likeness (QED) is 0.600. The van der Waals surface area contributed by atoms with Crippen LogP contribution in [-0.4, -0.2) is 36.1 Å². The van der Waals surface area contributed by atoms with Crippen molar-refractivity contribution in [1.82, 2.24) is 10.2 Å². The Kier molecular flexibility index (Phi) is 7.11. The van der Waals surface area contributed by atoms with E-state index in [0.717, 1.165) is 5.56 Å². The average Bonchev–Trinajstić information content (AvgIpc) is 3.20. The predicted octanol–water partition coefficient (Wildman–Crippen LogP) is 4.58. The van der Waals surface area contributed by atoms with Gasteiger partial charge in [0.2, 0.25) is 5.91 Å². The number of benzene rings is 2. The molecule has 2 aromatic carbocycles. The van der Waals surface area contributed by atoms with Crippen LogP contribution in [-0.2, 0) is 30.2 Å². The zero-order valence-electron chi connectivity index (χ0n) is 17.6. The normalized spacial score (nSPS) is 17.2. The number of carbonyl (C=O) groups excluding carboxylic acids is 1. The number of phenolic OH excluding ortho intramolecular Hbond substituents is 1. The highest BCUT2D eigenvalue weighted by Crippen LogP contribution is 2.36. The van der Waals surface area contributed by atoms with E-state index < -0.39 is 41.8 Å². The van der Waals surface area contributed by atoms with Crippen LogP contribution in [0.3, 0.4) is 0 Å². The first-order valence-electron chi connectivity index (χ1n) is 10.0. The molecular weight excluding hydrogens is 454 g/mol. The second-order valence-corrected chi connectivity index (χ2v) is 7.86. The fraction of sp³-hybridized carbons (Fsp3) is 0.409. The summed E-state index contributed by atoms with van der Waals surface area (Å²) in [6.45, 7) is 1.01. The molecule has 0 bridgehead atoms. The van der Waals surface area contributed by atoms with Crippen molar-refractivity contribution in [3.63, 3.8) is 0 Å². The number of rotatable bonds is 6. The van der Waals surface area contributed by atoms with E-state index >= 15 is 0 Å². The third-order valence-corrected chi connectivity index (χ3v) is 5.41. The Balaban J connectivity index is 1.61. The van der Waals surface area contributed by atoms with E-state index in [9.17, 15) is 36.2 Å². The van der Waals surface area contributed by atoms with Crippen molar-refractivity contribution < 1.29 is 41.0 Å². The van der Waals surface area contributed by atoms with Crippen molar-refractivity contribution in [2.45, 2.75) is 31.9 Å². The molecule has 0 saturated carbocycles. The first kappa shape index (κ1) is 24.7. The van der Waals surface area contributed by atoms with E-state index in [1.807, 2.05) is 4.90 Å². The molecule has 0 aromatic heterocycles. The fourth-order valence-corrected chi connectivity index (χ4v) is 3.72. The maximum atomic E-state index is 13.0. The summed E-state index contributed by atoms with van der Waals surface area (Å²) in [5.41, 5.74) is -2.26. The Hall–Kier alpha value is -2.95. The summed E-state index contributed by atoms with van der Waals surface area (Å²) in [5, 5.41) is 12.1. The van der Waals surface area contributed by atoms with Gasteiger partial charge in [-0.3, -0.25) is 9.69 Å². The molecule has 1 aliphatic rings. The molecule has 2 aromatic rings. The van der Waals surface area contributed by atoms with Crippen molar-refractivity contribution in [3.8, 4) is 11.5 Å². The number of halogens is 6. The maximum Gasteiger partial charge on any atom is 0.416 e. The molecule has 3 rings (SSSR count). The summed E-state index contributed by atoms with van der Waals surface area (Å²) in [5.74, 6) is -0.563. The van der Waals surface area contributed by atoms with Crippen LogP contribution in [0.2, 0.25) is 0 Å². The van der Waals surface area contributed by atoms with E-state index in [2.05, 4.69) is 5.32 Å². The smallest absolute Gasteiger partial charge is 0.416 e. The highest BCUT2D eigenvalue weighted by atomic mass is 19.4. The molecule has 0 aliphatic carbocycles. The van der Waals surface area contributed by atoms with E-state index in [-0.39, 0.29) is 17.4 Å². The Morgan fingerprint density at radius 1 is 1.06 bits per heavy atom. The van der Waals surface area contributed by atoms with Crippen LogP contribution in [0.4, 0.5) is 26.3 Å². The lowest BCUT2D eigenvalue weighted by atomic mass is 10.0. The van der Waals surface area contributed by atoms with Crippen molar-refractivity contribution >= 4 is 5.91 Å². The predicted molar refractivity (Wildman–Crippen MR) is 106 cm³/mol. The number of aromatic hydroxyl groups is 1. The fourth-order valence-electron chi connectivity index (χ4n) is 3.72. The Morgan fingerprint density at radius 3 is 2.27 bits per heavy atom. The number of alkyl halides is 6. The minimum absolute atomic E-state index is 0.00296. The van der Waals surface area contributed by atoms with Crippen molar-refractivity contribution in [3.05, 3.63) is 58.7 Å². The summed E-state index contributed by atoms with van der Waals surface area (Å²) in [7, 11) is 1.43. The minimum Gasteiger partial charge on any atom is -0.504 e. The molecule has 1 fully saturated rings. The number of ether oxygens (including phenoxy) is 1. The lowest BCUT2D eigenvalue weighted by Gasteiger charge is -2.17. The molecule has 2 N–H and O–H groups in total. The van der Waals surface area contributed by atoms with Crippen LogP contribution in [0.5, 0.6) is 11.5 Å². The molecule has 1 heterocycles. The van der Waals surface area contributed by atoms with Crippen molar-refractivity contribution in [2.75, 3.05) is 20.2 Å². The first-order valence-corrected chi connectivity index (χ1v) is 10.0. The van der Waals surface area contributed by atoms with E-state index in [1.54, 1.807) is 12.1 Å². The van der Waals surface area contributed by atoms with Gasteiger partial charge in [-0.25, -0.2) is 0 Å². The van der Waals surface area contributed by atoms with E-state index in [0.29, 0.717) is 43.9 Å². The van der Waals surface area contributed by atoms with Crippen molar-refractivity contribution in [1.29, 1.82) is 0 Å². The molecule has 1 atom stereocenters. The molecule has 0 spiro atoms. The van der Waals surface area contributed by atoms with Gasteiger partial charge in [-0.05, 0) is 54.4 Å². The summed E-state index contributed by atoms with van der Waals surface area (Å²) in [6.07, 6.45) is -9.39. The third kappa shape index (κ3) is 6.31. The lowest BCUT2D eigenvalue weighted by molar-refractivity contribution is -0.143. The number of nitrogens with one attached hydrogen (secondary N) is 1. The summed E-state index contributed by atoms with van der Waals surface area (Å²) < 4.78 is 83.0. The second-order valence-electron chi connectivity index (χ2n) is 7.86. The SMILES string of the molecule is COc1cc(CN2CCC(C(=O)NCc3cc(C(F)(F)F)cc(C(F)(F)F)c3)C2)ccc1O. The summed E-state index contributed by atoms with van der Waals surface area (Å²) >= 11 is 0. The van der Waals surface area contributed by atoms with Crippen LogP contribution in [0.1, 0.15) is 28.7 Å². The summed E-state index contributed by atoms with van der Waals surface area (Å²) in [6, 6.07) is 6.16. The van der Waals surface area contributed by atoms with Crippen molar-refractivity contribution in [2.24, 2.45) is 5.92 Å². The molecule has 33 heavy (non-hydrogen) atoms. The first-order chi connectivity index (χ1) is 15.4. The zero-order valence-corrected chi connectivity index (χ0v) is 17.6. The number of phenols is 1. The molecule has 1 amide bonds. The average molecular weight is 476 g/mol. The molecule has 1 unspecified atom stereocenters. The van der Waals surface area contributed by atoms with Gasteiger partial charge in [-0.2, -0.15) is 26.3 Å². The van der Waals surface area contributed by atoms with Crippen LogP contribution in [0.25, 0.3) is 0 Å². The van der Waals surface area contributed by atoms with Crippen LogP contribution >= 0.6 is 0 Å². The Bertz CT molecular complexity index is 974. The minimum atomic E-state index is -4.94.